The molecule has 1 aromatic rings. The molecular formula is C16H26N4O. The van der Waals surface area contributed by atoms with E-state index < -0.39 is 5.54 Å². The number of hydrogen-bond donors (Lipinski definition) is 2. The van der Waals surface area contributed by atoms with Gasteiger partial charge >= 0.3 is 0 Å². The molecule has 1 fully saturated rings. The maximum absolute atomic E-state index is 11.8. The third-order valence-corrected chi connectivity index (χ3v) is 4.80. The lowest BCUT2D eigenvalue weighted by atomic mass is 9.78. The number of hydrogen-bond acceptors (Lipinski definition) is 4. The van der Waals surface area contributed by atoms with E-state index in [1.807, 2.05) is 19.4 Å². The SMILES string of the molecule is CNC1(C(N)=O)CCCC(N(C)CCc2ccncc2)C1. The molecule has 2 rings (SSSR count). The van der Waals surface area contributed by atoms with Gasteiger partial charge in [-0.25, -0.2) is 0 Å². The number of nitrogens with one attached hydrogen (secondary N) is 1. The van der Waals surface area contributed by atoms with Crippen molar-refractivity contribution in [2.75, 3.05) is 20.6 Å². The fourth-order valence-electron chi connectivity index (χ4n) is 3.23. The minimum absolute atomic E-state index is 0.225. The number of primary amides is 1. The van der Waals surface area contributed by atoms with Crippen molar-refractivity contribution in [1.82, 2.24) is 15.2 Å². The van der Waals surface area contributed by atoms with E-state index in [0.717, 1.165) is 38.6 Å². The first-order valence-electron chi connectivity index (χ1n) is 7.65. The van der Waals surface area contributed by atoms with Gasteiger partial charge in [-0.1, -0.05) is 0 Å². The third-order valence-electron chi connectivity index (χ3n) is 4.80. The minimum Gasteiger partial charge on any atom is -0.368 e. The van der Waals surface area contributed by atoms with Crippen LogP contribution in [0.4, 0.5) is 0 Å². The zero-order chi connectivity index (χ0) is 15.3. The Hall–Kier alpha value is -1.46. The van der Waals surface area contributed by atoms with Gasteiger partial charge in [0.15, 0.2) is 0 Å². The molecule has 1 aliphatic rings. The predicted molar refractivity (Wildman–Crippen MR) is 83.8 cm³/mol. The van der Waals surface area contributed by atoms with E-state index in [9.17, 15) is 4.79 Å². The van der Waals surface area contributed by atoms with Crippen molar-refractivity contribution in [1.29, 1.82) is 0 Å². The number of pyridine rings is 1. The molecule has 3 N–H and O–H groups in total. The number of carbonyl (C=O) groups is 1. The summed E-state index contributed by atoms with van der Waals surface area (Å²) in [6.07, 6.45) is 8.46. The monoisotopic (exact) mass is 290 g/mol. The molecule has 0 spiro atoms. The third kappa shape index (κ3) is 3.80. The summed E-state index contributed by atoms with van der Waals surface area (Å²) in [5, 5.41) is 3.17. The molecule has 2 unspecified atom stereocenters. The summed E-state index contributed by atoms with van der Waals surface area (Å²) in [5.74, 6) is -0.225. The van der Waals surface area contributed by atoms with E-state index in [0.29, 0.717) is 6.04 Å². The number of likely N-dealkylation sites (N-methyl/N-ethyl adjacent to an activating group) is 2. The molecule has 2 atom stereocenters. The zero-order valence-electron chi connectivity index (χ0n) is 13.0. The van der Waals surface area contributed by atoms with Crippen molar-refractivity contribution in [3.63, 3.8) is 0 Å². The Morgan fingerprint density at radius 2 is 2.24 bits per heavy atom. The van der Waals surface area contributed by atoms with Gasteiger partial charge in [-0.2, -0.15) is 0 Å². The molecule has 1 amide bonds. The fourth-order valence-corrected chi connectivity index (χ4v) is 3.23. The van der Waals surface area contributed by atoms with Crippen molar-refractivity contribution in [3.05, 3.63) is 30.1 Å². The maximum atomic E-state index is 11.8. The molecule has 0 bridgehead atoms. The van der Waals surface area contributed by atoms with Crippen LogP contribution in [-0.4, -0.2) is 48.0 Å². The summed E-state index contributed by atoms with van der Waals surface area (Å²) in [6, 6.07) is 4.51. The number of amides is 1. The minimum atomic E-state index is -0.534. The zero-order valence-corrected chi connectivity index (χ0v) is 13.0. The normalized spacial score (nSPS) is 26.0. The summed E-state index contributed by atoms with van der Waals surface area (Å²) < 4.78 is 0. The van der Waals surface area contributed by atoms with Crippen LogP contribution in [0.2, 0.25) is 0 Å². The Bertz CT molecular complexity index is 465. The van der Waals surface area contributed by atoms with Crippen LogP contribution in [0.5, 0.6) is 0 Å². The topological polar surface area (TPSA) is 71.2 Å². The quantitative estimate of drug-likeness (QED) is 0.818. The van der Waals surface area contributed by atoms with Crippen LogP contribution in [0.3, 0.4) is 0 Å². The first-order valence-corrected chi connectivity index (χ1v) is 7.65. The van der Waals surface area contributed by atoms with Crippen LogP contribution < -0.4 is 11.1 Å². The number of nitrogens with zero attached hydrogens (tertiary/aromatic N) is 2. The molecule has 1 aromatic heterocycles. The van der Waals surface area contributed by atoms with Gasteiger partial charge in [0, 0.05) is 25.0 Å². The van der Waals surface area contributed by atoms with Gasteiger partial charge in [0.1, 0.15) is 0 Å². The van der Waals surface area contributed by atoms with Gasteiger partial charge in [-0.15, -0.1) is 0 Å². The summed E-state index contributed by atoms with van der Waals surface area (Å²) in [5.41, 5.74) is 6.37. The molecule has 116 valence electrons. The average molecular weight is 290 g/mol. The van der Waals surface area contributed by atoms with Crippen LogP contribution in [-0.2, 0) is 11.2 Å². The number of aromatic nitrogens is 1. The first-order chi connectivity index (χ1) is 10.1. The Morgan fingerprint density at radius 3 is 2.86 bits per heavy atom. The van der Waals surface area contributed by atoms with Gasteiger partial charge in [-0.05, 0) is 63.9 Å². The summed E-state index contributed by atoms with van der Waals surface area (Å²) in [4.78, 5) is 18.2. The van der Waals surface area contributed by atoms with E-state index in [1.165, 1.54) is 5.56 Å². The van der Waals surface area contributed by atoms with Gasteiger partial charge in [0.25, 0.3) is 0 Å². The smallest absolute Gasteiger partial charge is 0.237 e. The highest BCUT2D eigenvalue weighted by molar-refractivity contribution is 5.84. The van der Waals surface area contributed by atoms with Crippen LogP contribution in [0.25, 0.3) is 0 Å². The van der Waals surface area contributed by atoms with Crippen LogP contribution >= 0.6 is 0 Å². The Kier molecular flexibility index (Phi) is 5.31. The summed E-state index contributed by atoms with van der Waals surface area (Å²) in [7, 11) is 3.97. The second-order valence-electron chi connectivity index (χ2n) is 6.03. The van der Waals surface area contributed by atoms with Gasteiger partial charge in [0.05, 0.1) is 5.54 Å². The van der Waals surface area contributed by atoms with Crippen molar-refractivity contribution in [2.24, 2.45) is 5.73 Å². The van der Waals surface area contributed by atoms with Crippen LogP contribution in [0, 0.1) is 0 Å². The van der Waals surface area contributed by atoms with Crippen molar-refractivity contribution in [2.45, 2.75) is 43.7 Å². The molecule has 5 nitrogen and oxygen atoms in total. The predicted octanol–water partition coefficient (Wildman–Crippen LogP) is 0.942. The second kappa shape index (κ2) is 7.00. The Labute approximate surface area is 126 Å². The van der Waals surface area contributed by atoms with Crippen molar-refractivity contribution in [3.8, 4) is 0 Å². The molecule has 1 saturated carbocycles. The lowest BCUT2D eigenvalue weighted by Crippen LogP contribution is -2.59. The highest BCUT2D eigenvalue weighted by Gasteiger charge is 2.40. The van der Waals surface area contributed by atoms with Gasteiger partial charge < -0.3 is 16.0 Å². The molecule has 0 saturated heterocycles. The highest BCUT2D eigenvalue weighted by atomic mass is 16.1. The van der Waals surface area contributed by atoms with E-state index in [1.54, 1.807) is 0 Å². The molecule has 0 aromatic carbocycles. The Morgan fingerprint density at radius 1 is 1.52 bits per heavy atom. The lowest BCUT2D eigenvalue weighted by Gasteiger charge is -2.41. The Balaban J connectivity index is 1.93. The fraction of sp³-hybridized carbons (Fsp3) is 0.625. The molecule has 21 heavy (non-hydrogen) atoms. The molecular weight excluding hydrogens is 264 g/mol. The van der Waals surface area contributed by atoms with Gasteiger partial charge in [-0.3, -0.25) is 9.78 Å². The van der Waals surface area contributed by atoms with Crippen molar-refractivity contribution >= 4 is 5.91 Å². The second-order valence-corrected chi connectivity index (χ2v) is 6.03. The number of nitrogens with two attached hydrogens (primary N) is 1. The molecule has 0 radical (unpaired) electrons. The lowest BCUT2D eigenvalue weighted by molar-refractivity contribution is -0.126. The molecule has 5 heteroatoms. The maximum Gasteiger partial charge on any atom is 0.237 e. The average Bonchev–Trinajstić information content (AvgIpc) is 2.53. The number of carbonyl (C=O) groups excluding carboxylic acids is 1. The van der Waals surface area contributed by atoms with Crippen LogP contribution in [0.15, 0.2) is 24.5 Å². The van der Waals surface area contributed by atoms with Crippen LogP contribution in [0.1, 0.15) is 31.2 Å². The van der Waals surface area contributed by atoms with E-state index in [4.69, 9.17) is 5.73 Å². The van der Waals surface area contributed by atoms with Crippen molar-refractivity contribution < 1.29 is 4.79 Å². The highest BCUT2D eigenvalue weighted by Crippen LogP contribution is 2.30. The first kappa shape index (κ1) is 15.9. The number of rotatable bonds is 6. The molecule has 1 heterocycles. The summed E-state index contributed by atoms with van der Waals surface area (Å²) in [6.45, 7) is 0.979. The van der Waals surface area contributed by atoms with E-state index >= 15 is 0 Å². The molecule has 1 aliphatic carbocycles. The summed E-state index contributed by atoms with van der Waals surface area (Å²) >= 11 is 0. The standard InChI is InChI=1S/C16H26N4O/c1-18-16(15(17)21)8-3-4-14(12-16)20(2)11-7-13-5-9-19-10-6-13/h5-6,9-10,14,18H,3-4,7-8,11-12H2,1-2H3,(H2,17,21). The van der Waals surface area contributed by atoms with E-state index in [2.05, 4.69) is 34.4 Å². The van der Waals surface area contributed by atoms with E-state index in [-0.39, 0.29) is 5.91 Å². The molecule has 0 aliphatic heterocycles. The largest absolute Gasteiger partial charge is 0.368 e. The van der Waals surface area contributed by atoms with Gasteiger partial charge in [0.2, 0.25) is 5.91 Å².